The minimum absolute atomic E-state index is 0.141. The van der Waals surface area contributed by atoms with E-state index >= 15 is 0 Å². The van der Waals surface area contributed by atoms with Gasteiger partial charge in [-0.05, 0) is 24.6 Å². The van der Waals surface area contributed by atoms with Gasteiger partial charge in [0.15, 0.2) is 6.73 Å². The van der Waals surface area contributed by atoms with Crippen molar-refractivity contribution in [2.45, 2.75) is 26.5 Å². The van der Waals surface area contributed by atoms with Gasteiger partial charge < -0.3 is 10.1 Å². The first-order valence-corrected chi connectivity index (χ1v) is 7.76. The van der Waals surface area contributed by atoms with E-state index in [0.717, 1.165) is 12.8 Å². The molecule has 1 amide bonds. The van der Waals surface area contributed by atoms with Gasteiger partial charge in [0.1, 0.15) is 16.5 Å². The van der Waals surface area contributed by atoms with Crippen LogP contribution in [-0.4, -0.2) is 22.2 Å². The Morgan fingerprint density at radius 3 is 2.95 bits per heavy atom. The van der Waals surface area contributed by atoms with Crippen LogP contribution in [0.5, 0.6) is 5.75 Å². The highest BCUT2D eigenvalue weighted by atomic mass is 35.5. The molecule has 0 saturated heterocycles. The second kappa shape index (κ2) is 8.06. The molecule has 1 N–H and O–H groups in total. The predicted molar refractivity (Wildman–Crippen MR) is 86.6 cm³/mol. The SMILES string of the molecule is CCCCNC(=O)c1ccn(COc2cccc(Cl)c2Cl)n1. The highest BCUT2D eigenvalue weighted by Gasteiger charge is 2.10. The van der Waals surface area contributed by atoms with Crippen LogP contribution in [-0.2, 0) is 6.73 Å². The maximum Gasteiger partial charge on any atom is 0.271 e. The van der Waals surface area contributed by atoms with E-state index in [-0.39, 0.29) is 12.6 Å². The minimum Gasteiger partial charge on any atom is -0.470 e. The molecule has 2 rings (SSSR count). The number of amides is 1. The molecule has 0 unspecified atom stereocenters. The first-order chi connectivity index (χ1) is 10.6. The van der Waals surface area contributed by atoms with Gasteiger partial charge in [-0.15, -0.1) is 0 Å². The number of ether oxygens (including phenoxy) is 1. The number of benzene rings is 1. The Hall–Kier alpha value is -1.72. The number of aromatic nitrogens is 2. The highest BCUT2D eigenvalue weighted by Crippen LogP contribution is 2.31. The Balaban J connectivity index is 1.92. The standard InChI is InChI=1S/C15H17Cl2N3O2/c1-2-3-8-18-15(21)12-7-9-20(19-12)10-22-13-6-4-5-11(16)14(13)17/h4-7,9H,2-3,8,10H2,1H3,(H,18,21). The van der Waals surface area contributed by atoms with E-state index < -0.39 is 0 Å². The van der Waals surface area contributed by atoms with Gasteiger partial charge in [-0.25, -0.2) is 4.68 Å². The summed E-state index contributed by atoms with van der Waals surface area (Å²) in [6, 6.07) is 6.79. The topological polar surface area (TPSA) is 56.2 Å². The van der Waals surface area contributed by atoms with Gasteiger partial charge in [0.25, 0.3) is 5.91 Å². The number of carbonyl (C=O) groups excluding carboxylic acids is 1. The average molecular weight is 342 g/mol. The number of rotatable bonds is 7. The molecule has 0 spiro atoms. The molecule has 118 valence electrons. The second-order valence-electron chi connectivity index (χ2n) is 4.68. The maximum atomic E-state index is 11.8. The molecular formula is C15H17Cl2N3O2. The third-order valence-corrected chi connectivity index (χ3v) is 3.76. The van der Waals surface area contributed by atoms with Gasteiger partial charge in [0.2, 0.25) is 0 Å². The Morgan fingerprint density at radius 2 is 2.18 bits per heavy atom. The Labute approximate surface area is 139 Å². The van der Waals surface area contributed by atoms with Crippen molar-refractivity contribution in [1.29, 1.82) is 0 Å². The quantitative estimate of drug-likeness (QED) is 0.780. The largest absolute Gasteiger partial charge is 0.470 e. The third-order valence-electron chi connectivity index (χ3n) is 2.96. The van der Waals surface area contributed by atoms with E-state index in [1.807, 2.05) is 0 Å². The molecule has 0 aliphatic heterocycles. The van der Waals surface area contributed by atoms with Crippen LogP contribution in [0.3, 0.4) is 0 Å². The Kier molecular flexibility index (Phi) is 6.10. The molecule has 0 radical (unpaired) electrons. The number of nitrogens with zero attached hydrogens (tertiary/aromatic N) is 2. The van der Waals surface area contributed by atoms with Gasteiger partial charge in [-0.2, -0.15) is 5.10 Å². The molecule has 0 aliphatic carbocycles. The lowest BCUT2D eigenvalue weighted by atomic mass is 10.3. The predicted octanol–water partition coefficient (Wildman–Crippen LogP) is 3.76. The zero-order chi connectivity index (χ0) is 15.9. The van der Waals surface area contributed by atoms with E-state index in [1.54, 1.807) is 30.5 Å². The van der Waals surface area contributed by atoms with Crippen molar-refractivity contribution >= 4 is 29.1 Å². The molecule has 1 heterocycles. The summed E-state index contributed by atoms with van der Waals surface area (Å²) in [6.07, 6.45) is 3.65. The van der Waals surface area contributed by atoms with Crippen molar-refractivity contribution in [3.05, 3.63) is 46.2 Å². The molecular weight excluding hydrogens is 325 g/mol. The van der Waals surface area contributed by atoms with Crippen molar-refractivity contribution in [2.24, 2.45) is 0 Å². The minimum atomic E-state index is -0.187. The third kappa shape index (κ3) is 4.39. The Morgan fingerprint density at radius 1 is 1.36 bits per heavy atom. The molecule has 0 atom stereocenters. The van der Waals surface area contributed by atoms with E-state index in [1.165, 1.54) is 4.68 Å². The smallest absolute Gasteiger partial charge is 0.271 e. The molecule has 0 saturated carbocycles. The average Bonchev–Trinajstić information content (AvgIpc) is 2.98. The number of hydrogen-bond donors (Lipinski definition) is 1. The lowest BCUT2D eigenvalue weighted by molar-refractivity contribution is 0.0946. The summed E-state index contributed by atoms with van der Waals surface area (Å²) < 4.78 is 7.07. The van der Waals surface area contributed by atoms with Gasteiger partial charge in [-0.1, -0.05) is 42.6 Å². The molecule has 2 aromatic rings. The van der Waals surface area contributed by atoms with E-state index in [4.69, 9.17) is 27.9 Å². The first-order valence-electron chi connectivity index (χ1n) is 7.00. The monoisotopic (exact) mass is 341 g/mol. The fourth-order valence-corrected chi connectivity index (χ4v) is 2.10. The summed E-state index contributed by atoms with van der Waals surface area (Å²) in [6.45, 7) is 2.86. The molecule has 7 heteroatoms. The first kappa shape index (κ1) is 16.6. The lowest BCUT2D eigenvalue weighted by Gasteiger charge is -2.08. The van der Waals surface area contributed by atoms with E-state index in [9.17, 15) is 4.79 Å². The van der Waals surface area contributed by atoms with Crippen LogP contribution in [0.2, 0.25) is 10.0 Å². The van der Waals surface area contributed by atoms with Crippen LogP contribution >= 0.6 is 23.2 Å². The Bertz CT molecular complexity index is 643. The van der Waals surface area contributed by atoms with Crippen molar-refractivity contribution in [3.63, 3.8) is 0 Å². The summed E-state index contributed by atoms with van der Waals surface area (Å²) in [5.41, 5.74) is 0.358. The summed E-state index contributed by atoms with van der Waals surface area (Å²) in [5, 5.41) is 7.75. The van der Waals surface area contributed by atoms with Gasteiger partial charge in [0, 0.05) is 12.7 Å². The van der Waals surface area contributed by atoms with Crippen LogP contribution in [0.4, 0.5) is 0 Å². The van der Waals surface area contributed by atoms with Crippen LogP contribution < -0.4 is 10.1 Å². The number of nitrogens with one attached hydrogen (secondary N) is 1. The number of halogens is 2. The zero-order valence-corrected chi connectivity index (χ0v) is 13.7. The summed E-state index contributed by atoms with van der Waals surface area (Å²) in [5.74, 6) is 0.284. The highest BCUT2D eigenvalue weighted by molar-refractivity contribution is 6.42. The fraction of sp³-hybridized carbons (Fsp3) is 0.333. The van der Waals surface area contributed by atoms with Gasteiger partial charge in [-0.3, -0.25) is 4.79 Å². The zero-order valence-electron chi connectivity index (χ0n) is 12.2. The number of unbranched alkanes of at least 4 members (excludes halogenated alkanes) is 1. The molecule has 0 bridgehead atoms. The fourth-order valence-electron chi connectivity index (χ4n) is 1.76. The number of carbonyl (C=O) groups is 1. The van der Waals surface area contributed by atoms with Crippen molar-refractivity contribution < 1.29 is 9.53 Å². The van der Waals surface area contributed by atoms with Crippen molar-refractivity contribution in [1.82, 2.24) is 15.1 Å². The molecule has 5 nitrogen and oxygen atoms in total. The van der Waals surface area contributed by atoms with Crippen LogP contribution in [0, 0.1) is 0 Å². The van der Waals surface area contributed by atoms with Crippen LogP contribution in [0.25, 0.3) is 0 Å². The molecule has 0 aliphatic rings. The number of hydrogen-bond acceptors (Lipinski definition) is 3. The van der Waals surface area contributed by atoms with Crippen molar-refractivity contribution in [2.75, 3.05) is 6.54 Å². The van der Waals surface area contributed by atoms with Gasteiger partial charge in [0.05, 0.1) is 5.02 Å². The second-order valence-corrected chi connectivity index (χ2v) is 5.46. The molecule has 1 aromatic heterocycles. The van der Waals surface area contributed by atoms with E-state index in [2.05, 4.69) is 17.3 Å². The molecule has 1 aromatic carbocycles. The van der Waals surface area contributed by atoms with E-state index in [0.29, 0.717) is 28.0 Å². The molecule has 0 fully saturated rings. The summed E-state index contributed by atoms with van der Waals surface area (Å²) in [4.78, 5) is 11.8. The maximum absolute atomic E-state index is 11.8. The van der Waals surface area contributed by atoms with Crippen LogP contribution in [0.15, 0.2) is 30.5 Å². The molecule has 22 heavy (non-hydrogen) atoms. The normalized spacial score (nSPS) is 10.5. The lowest BCUT2D eigenvalue weighted by Crippen LogP contribution is -2.25. The van der Waals surface area contributed by atoms with Crippen molar-refractivity contribution in [3.8, 4) is 5.75 Å². The van der Waals surface area contributed by atoms with Crippen LogP contribution in [0.1, 0.15) is 30.3 Å². The summed E-state index contributed by atoms with van der Waals surface area (Å²) in [7, 11) is 0. The summed E-state index contributed by atoms with van der Waals surface area (Å²) >= 11 is 11.9. The van der Waals surface area contributed by atoms with Gasteiger partial charge >= 0.3 is 0 Å².